The maximum Gasteiger partial charge on any atom is 0.166 e. The molecule has 0 radical (unpaired) electrons. The fraction of sp³-hybridized carbons (Fsp3) is 0.375. The number of fused-ring (bicyclic) bond motifs is 1. The van der Waals surface area contributed by atoms with Gasteiger partial charge < -0.3 is 4.55 Å². The molecule has 0 spiro atoms. The maximum atomic E-state index is 11.5. The van der Waals surface area contributed by atoms with Crippen molar-refractivity contribution in [2.45, 2.75) is 27.0 Å². The summed E-state index contributed by atoms with van der Waals surface area (Å²) in [6, 6.07) is 1.48. The monoisotopic (exact) mass is 247 g/mol. The summed E-state index contributed by atoms with van der Waals surface area (Å²) in [5.74, 6) is 0.0548. The minimum absolute atomic E-state index is 0.0548. The lowest BCUT2D eigenvalue weighted by atomic mass is 10.1. The number of hydrogen-bond donors (Lipinski definition) is 0. The summed E-state index contributed by atoms with van der Waals surface area (Å²) in [5, 5.41) is 0.251. The number of rotatable bonds is 1. The van der Waals surface area contributed by atoms with Crippen LogP contribution in [0.1, 0.15) is 23.7 Å². The number of ketones is 1. The van der Waals surface area contributed by atoms with Crippen molar-refractivity contribution in [1.29, 1.82) is 0 Å². The van der Waals surface area contributed by atoms with E-state index in [9.17, 15) is 13.6 Å². The van der Waals surface area contributed by atoms with Gasteiger partial charge in [0.2, 0.25) is 0 Å². The fourth-order valence-corrected chi connectivity index (χ4v) is 4.70. The Labute approximate surface area is 92.2 Å². The zero-order valence-corrected chi connectivity index (χ0v) is 9.76. The Bertz CT molecular complexity index is 410. The van der Waals surface area contributed by atoms with Gasteiger partial charge in [0.15, 0.2) is 5.78 Å². The minimum Gasteiger partial charge on any atom is -0.768 e. The van der Waals surface area contributed by atoms with E-state index in [2.05, 4.69) is 0 Å². The fourth-order valence-electron chi connectivity index (χ4n) is 1.31. The van der Waals surface area contributed by atoms with Crippen LogP contribution in [0.3, 0.4) is 0 Å². The highest BCUT2D eigenvalue weighted by molar-refractivity contribution is 8.02. The van der Waals surface area contributed by atoms with Crippen LogP contribution in [0.5, 0.6) is 0 Å². The molecule has 1 aliphatic rings. The van der Waals surface area contributed by atoms with Crippen LogP contribution in [0.2, 0.25) is 0 Å². The summed E-state index contributed by atoms with van der Waals surface area (Å²) in [5.41, 5.74) is 0.581. The van der Waals surface area contributed by atoms with E-state index in [-0.39, 0.29) is 15.2 Å². The van der Waals surface area contributed by atoms with Crippen molar-refractivity contribution in [2.24, 2.45) is 0 Å². The summed E-state index contributed by atoms with van der Waals surface area (Å²) >= 11 is 0.542. The van der Waals surface area contributed by atoms with Crippen molar-refractivity contribution in [3.8, 4) is 0 Å². The number of thioether (sulfide) groups is 1. The van der Waals surface area contributed by atoms with Gasteiger partial charge in [0, 0.05) is 17.2 Å². The van der Waals surface area contributed by atoms with E-state index in [0.29, 0.717) is 12.0 Å². The van der Waals surface area contributed by atoms with Crippen molar-refractivity contribution in [3.63, 3.8) is 0 Å². The maximum absolute atomic E-state index is 11.5. The second-order valence-electron chi connectivity index (χ2n) is 3.06. The predicted molar refractivity (Wildman–Crippen MR) is 55.8 cm³/mol. The van der Waals surface area contributed by atoms with E-state index in [1.807, 2.05) is 6.92 Å². The van der Waals surface area contributed by atoms with Gasteiger partial charge in [-0.25, -0.2) is 0 Å². The molecular weight excluding hydrogens is 240 g/mol. The van der Waals surface area contributed by atoms with Crippen molar-refractivity contribution >= 4 is 40.0 Å². The van der Waals surface area contributed by atoms with Gasteiger partial charge in [-0.15, -0.1) is 23.1 Å². The molecular formula is C8H7O3S3-. The molecule has 6 heteroatoms. The molecule has 0 bridgehead atoms. The van der Waals surface area contributed by atoms with Crippen LogP contribution in [0.15, 0.2) is 14.5 Å². The van der Waals surface area contributed by atoms with Crippen molar-refractivity contribution < 1.29 is 13.6 Å². The van der Waals surface area contributed by atoms with Gasteiger partial charge in [-0.1, -0.05) is 6.92 Å². The zero-order valence-electron chi connectivity index (χ0n) is 7.31. The van der Waals surface area contributed by atoms with Crippen molar-refractivity contribution in [2.75, 3.05) is 0 Å². The lowest BCUT2D eigenvalue weighted by molar-refractivity contribution is 0.0979. The molecule has 2 rings (SSSR count). The van der Waals surface area contributed by atoms with Crippen LogP contribution in [-0.4, -0.2) is 19.8 Å². The first-order valence-corrected chi connectivity index (χ1v) is 6.78. The van der Waals surface area contributed by atoms with Gasteiger partial charge in [0.1, 0.15) is 0 Å². The first-order valence-electron chi connectivity index (χ1n) is 4.01. The molecule has 0 fully saturated rings. The topological polar surface area (TPSA) is 57.2 Å². The van der Waals surface area contributed by atoms with E-state index in [0.717, 1.165) is 4.21 Å². The molecule has 0 amide bonds. The van der Waals surface area contributed by atoms with Crippen LogP contribution in [0.4, 0.5) is 0 Å². The second-order valence-corrected chi connectivity index (χ2v) is 6.98. The number of Topliss-reactive ketones (excluding diaryl/α,β-unsaturated/α-hetero) is 1. The van der Waals surface area contributed by atoms with Gasteiger partial charge in [-0.2, -0.15) is 0 Å². The highest BCUT2D eigenvalue weighted by Crippen LogP contribution is 2.41. The number of carbonyl (C=O) groups excluding carboxylic acids is 1. The molecule has 1 aromatic rings. The Morgan fingerprint density at radius 3 is 3.00 bits per heavy atom. The molecule has 3 nitrogen and oxygen atoms in total. The summed E-state index contributed by atoms with van der Waals surface area (Å²) in [6.45, 7) is 1.97. The van der Waals surface area contributed by atoms with Crippen LogP contribution in [0.25, 0.3) is 0 Å². The third kappa shape index (κ3) is 1.79. The molecule has 2 unspecified atom stereocenters. The molecule has 1 aliphatic heterocycles. The lowest BCUT2D eigenvalue weighted by Crippen LogP contribution is -2.12. The molecule has 0 aliphatic carbocycles. The molecule has 2 atom stereocenters. The minimum atomic E-state index is -2.22. The Hall–Kier alpha value is -0.170. The van der Waals surface area contributed by atoms with E-state index in [1.54, 1.807) is 11.8 Å². The Kier molecular flexibility index (Phi) is 2.79. The zero-order chi connectivity index (χ0) is 10.3. The van der Waals surface area contributed by atoms with Gasteiger partial charge in [-0.3, -0.25) is 9.00 Å². The molecule has 14 heavy (non-hydrogen) atoms. The third-order valence-electron chi connectivity index (χ3n) is 1.92. The molecule has 1 aromatic heterocycles. The first kappa shape index (κ1) is 10.4. The summed E-state index contributed by atoms with van der Waals surface area (Å²) in [6.07, 6.45) is 0.499. The first-order chi connectivity index (χ1) is 6.58. The van der Waals surface area contributed by atoms with E-state index in [4.69, 9.17) is 0 Å². The number of carbonyl (C=O) groups is 1. The smallest absolute Gasteiger partial charge is 0.166 e. The second kappa shape index (κ2) is 3.77. The molecule has 76 valence electrons. The lowest BCUT2D eigenvalue weighted by Gasteiger charge is -2.15. The van der Waals surface area contributed by atoms with Crippen LogP contribution in [-0.2, 0) is 11.1 Å². The van der Waals surface area contributed by atoms with Crippen LogP contribution in [0, 0.1) is 0 Å². The Morgan fingerprint density at radius 2 is 2.36 bits per heavy atom. The Morgan fingerprint density at radius 1 is 1.64 bits per heavy atom. The average molecular weight is 247 g/mol. The van der Waals surface area contributed by atoms with Gasteiger partial charge in [-0.05, 0) is 17.1 Å². The van der Waals surface area contributed by atoms with E-state index < -0.39 is 11.1 Å². The Balaban J connectivity index is 2.45. The number of thiophene rings is 1. The predicted octanol–water partition coefficient (Wildman–Crippen LogP) is 2.05. The number of hydrogen-bond acceptors (Lipinski definition) is 5. The molecule has 2 heterocycles. The SMILES string of the molecule is CC1CC(=O)c2cc(S(=O)[O-])sc2S1. The summed E-state index contributed by atoms with van der Waals surface area (Å²) < 4.78 is 22.5. The molecule has 0 N–H and O–H groups in total. The van der Waals surface area contributed by atoms with Gasteiger partial charge in [0.25, 0.3) is 0 Å². The van der Waals surface area contributed by atoms with E-state index >= 15 is 0 Å². The van der Waals surface area contributed by atoms with Crippen molar-refractivity contribution in [3.05, 3.63) is 11.6 Å². The molecule has 0 aromatic carbocycles. The summed E-state index contributed by atoms with van der Waals surface area (Å²) in [4.78, 5) is 11.5. The normalized spacial score (nSPS) is 23.3. The standard InChI is InChI=1S/C8H8O3S3/c1-4-2-6(9)5-3-7(14(10)11)13-8(5)12-4/h3-4H,2H2,1H3,(H,10,11)/p-1. The largest absolute Gasteiger partial charge is 0.768 e. The van der Waals surface area contributed by atoms with Crippen LogP contribution >= 0.6 is 23.1 Å². The average Bonchev–Trinajstić information content (AvgIpc) is 2.47. The quantitative estimate of drug-likeness (QED) is 0.713. The molecule has 0 saturated heterocycles. The third-order valence-corrected chi connectivity index (χ3v) is 5.29. The van der Waals surface area contributed by atoms with Crippen molar-refractivity contribution in [1.82, 2.24) is 0 Å². The van der Waals surface area contributed by atoms with Gasteiger partial charge in [0.05, 0.1) is 8.42 Å². The highest BCUT2D eigenvalue weighted by Gasteiger charge is 2.25. The molecule has 0 saturated carbocycles. The van der Waals surface area contributed by atoms with Crippen LogP contribution < -0.4 is 0 Å². The van der Waals surface area contributed by atoms with Gasteiger partial charge >= 0.3 is 0 Å². The highest BCUT2D eigenvalue weighted by atomic mass is 32.2. The van der Waals surface area contributed by atoms with E-state index in [1.165, 1.54) is 17.4 Å². The summed E-state index contributed by atoms with van der Waals surface area (Å²) in [7, 11) is 0.